The Labute approximate surface area is 114 Å². The van der Waals surface area contributed by atoms with Crippen molar-refractivity contribution in [3.8, 4) is 0 Å². The number of carboxylic acids is 1. The van der Waals surface area contributed by atoms with Gasteiger partial charge in [0.05, 0.1) is 5.92 Å². The minimum absolute atomic E-state index is 0.187. The third kappa shape index (κ3) is 5.06. The van der Waals surface area contributed by atoms with Crippen molar-refractivity contribution in [3.05, 3.63) is 0 Å². The summed E-state index contributed by atoms with van der Waals surface area (Å²) in [5.74, 6) is -1.26. The zero-order valence-corrected chi connectivity index (χ0v) is 11.8. The van der Waals surface area contributed by atoms with Gasteiger partial charge in [-0.25, -0.2) is 4.79 Å². The van der Waals surface area contributed by atoms with Crippen LogP contribution in [0.15, 0.2) is 0 Å². The van der Waals surface area contributed by atoms with Crippen molar-refractivity contribution >= 4 is 12.0 Å². The number of urea groups is 1. The zero-order chi connectivity index (χ0) is 14.3. The summed E-state index contributed by atoms with van der Waals surface area (Å²) >= 11 is 0. The first-order valence-electron chi connectivity index (χ1n) is 6.95. The van der Waals surface area contributed by atoms with Gasteiger partial charge in [0.1, 0.15) is 0 Å². The van der Waals surface area contributed by atoms with Gasteiger partial charge in [-0.2, -0.15) is 0 Å². The molecule has 6 heteroatoms. The maximum absolute atomic E-state index is 12.0. The van der Waals surface area contributed by atoms with Crippen molar-refractivity contribution < 1.29 is 14.7 Å². The van der Waals surface area contributed by atoms with E-state index in [1.807, 2.05) is 7.05 Å². The van der Waals surface area contributed by atoms with Crippen LogP contribution >= 0.6 is 0 Å². The molecule has 1 aliphatic rings. The molecule has 1 fully saturated rings. The second-order valence-electron chi connectivity index (χ2n) is 5.16. The molecule has 2 atom stereocenters. The highest BCUT2D eigenvalue weighted by Crippen LogP contribution is 2.23. The highest BCUT2D eigenvalue weighted by molar-refractivity contribution is 5.76. The minimum atomic E-state index is -0.801. The van der Waals surface area contributed by atoms with Crippen LogP contribution in [-0.2, 0) is 4.79 Å². The zero-order valence-electron chi connectivity index (χ0n) is 11.8. The molecule has 0 spiro atoms. The van der Waals surface area contributed by atoms with Crippen molar-refractivity contribution in [1.29, 1.82) is 0 Å². The Morgan fingerprint density at radius 1 is 1.26 bits per heavy atom. The van der Waals surface area contributed by atoms with Crippen LogP contribution < -0.4 is 10.6 Å². The summed E-state index contributed by atoms with van der Waals surface area (Å²) in [5.41, 5.74) is 0. The van der Waals surface area contributed by atoms with Gasteiger partial charge in [0.25, 0.3) is 0 Å². The fourth-order valence-corrected chi connectivity index (χ4v) is 2.43. The van der Waals surface area contributed by atoms with Crippen LogP contribution in [-0.4, -0.2) is 55.2 Å². The van der Waals surface area contributed by atoms with Gasteiger partial charge in [-0.1, -0.05) is 19.3 Å². The number of hydrogen-bond acceptors (Lipinski definition) is 3. The fraction of sp³-hybridized carbons (Fsp3) is 0.846. The third-order valence-corrected chi connectivity index (χ3v) is 3.69. The maximum atomic E-state index is 12.0. The number of likely N-dealkylation sites (N-methyl/N-ethyl adjacent to an activating group) is 2. The number of carboxylic acid groups (broad SMARTS) is 1. The van der Waals surface area contributed by atoms with Gasteiger partial charge >= 0.3 is 12.0 Å². The van der Waals surface area contributed by atoms with Crippen LogP contribution in [0.2, 0.25) is 0 Å². The standard InChI is InChI=1S/C13H25N3O3/c1-14-8-9-16(2)13(19)15-11-7-5-3-4-6-10(11)12(17)18/h10-11,14H,3-9H2,1-2H3,(H,15,19)(H,17,18). The summed E-state index contributed by atoms with van der Waals surface area (Å²) in [6.07, 6.45) is 4.36. The average Bonchev–Trinajstić information content (AvgIpc) is 2.61. The molecule has 0 bridgehead atoms. The average molecular weight is 271 g/mol. The summed E-state index contributed by atoms with van der Waals surface area (Å²) in [6.45, 7) is 1.32. The Morgan fingerprint density at radius 2 is 1.95 bits per heavy atom. The quantitative estimate of drug-likeness (QED) is 0.648. The lowest BCUT2D eigenvalue weighted by atomic mass is 9.95. The topological polar surface area (TPSA) is 81.7 Å². The molecule has 0 aliphatic heterocycles. The Kier molecular flexibility index (Phi) is 6.62. The molecule has 6 nitrogen and oxygen atoms in total. The number of nitrogens with one attached hydrogen (secondary N) is 2. The van der Waals surface area contributed by atoms with Crippen molar-refractivity contribution in [2.45, 2.75) is 38.1 Å². The molecular weight excluding hydrogens is 246 g/mol. The number of amides is 2. The molecule has 2 amide bonds. The van der Waals surface area contributed by atoms with Crippen LogP contribution in [0.5, 0.6) is 0 Å². The van der Waals surface area contributed by atoms with Crippen LogP contribution in [0.3, 0.4) is 0 Å². The third-order valence-electron chi connectivity index (χ3n) is 3.69. The molecule has 1 rings (SSSR count). The maximum Gasteiger partial charge on any atom is 0.317 e. The van der Waals surface area contributed by atoms with Crippen molar-refractivity contribution in [2.75, 3.05) is 27.2 Å². The first-order chi connectivity index (χ1) is 9.06. The molecule has 3 N–H and O–H groups in total. The molecule has 110 valence electrons. The Balaban J connectivity index is 2.55. The fourth-order valence-electron chi connectivity index (χ4n) is 2.43. The molecule has 0 heterocycles. The molecule has 0 aromatic heterocycles. The molecular formula is C13H25N3O3. The van der Waals surface area contributed by atoms with E-state index in [4.69, 9.17) is 0 Å². The van der Waals surface area contributed by atoms with Crippen LogP contribution in [0.1, 0.15) is 32.1 Å². The lowest BCUT2D eigenvalue weighted by molar-refractivity contribution is -0.142. The number of carbonyl (C=O) groups is 2. The molecule has 1 aliphatic carbocycles. The van der Waals surface area contributed by atoms with Crippen LogP contribution in [0.4, 0.5) is 4.79 Å². The summed E-state index contributed by atoms with van der Waals surface area (Å²) < 4.78 is 0. The molecule has 19 heavy (non-hydrogen) atoms. The van der Waals surface area contributed by atoms with Gasteiger partial charge < -0.3 is 20.6 Å². The highest BCUT2D eigenvalue weighted by atomic mass is 16.4. The van der Waals surface area contributed by atoms with Gasteiger partial charge in [0.15, 0.2) is 0 Å². The van der Waals surface area contributed by atoms with Crippen LogP contribution in [0, 0.1) is 5.92 Å². The summed E-state index contributed by atoms with van der Waals surface area (Å²) in [7, 11) is 3.55. The van der Waals surface area contributed by atoms with E-state index in [-0.39, 0.29) is 12.1 Å². The van der Waals surface area contributed by atoms with Gasteiger partial charge in [0.2, 0.25) is 0 Å². The van der Waals surface area contributed by atoms with Crippen molar-refractivity contribution in [1.82, 2.24) is 15.5 Å². The number of rotatable bonds is 5. The van der Waals surface area contributed by atoms with Crippen LogP contribution in [0.25, 0.3) is 0 Å². The molecule has 0 aromatic carbocycles. The SMILES string of the molecule is CNCCN(C)C(=O)NC1CCCCCC1C(=O)O. The van der Waals surface area contributed by atoms with Gasteiger partial charge in [-0.05, 0) is 19.9 Å². The van der Waals surface area contributed by atoms with E-state index in [0.717, 1.165) is 32.2 Å². The van der Waals surface area contributed by atoms with E-state index in [9.17, 15) is 14.7 Å². The summed E-state index contributed by atoms with van der Waals surface area (Å²) in [5, 5.41) is 15.1. The second kappa shape index (κ2) is 7.99. The highest BCUT2D eigenvalue weighted by Gasteiger charge is 2.31. The van der Waals surface area contributed by atoms with Crippen molar-refractivity contribution in [2.24, 2.45) is 5.92 Å². The number of aliphatic carboxylic acids is 1. The summed E-state index contributed by atoms with van der Waals surface area (Å²) in [6, 6.07) is -0.432. The predicted molar refractivity (Wildman–Crippen MR) is 73.1 cm³/mol. The Hall–Kier alpha value is -1.30. The van der Waals surface area contributed by atoms with Gasteiger partial charge in [-0.15, -0.1) is 0 Å². The normalized spacial score (nSPS) is 23.5. The van der Waals surface area contributed by atoms with E-state index < -0.39 is 11.9 Å². The smallest absolute Gasteiger partial charge is 0.317 e. The number of hydrogen-bond donors (Lipinski definition) is 3. The molecule has 0 aromatic rings. The number of carbonyl (C=O) groups excluding carboxylic acids is 1. The van der Waals surface area contributed by atoms with E-state index in [1.165, 1.54) is 0 Å². The predicted octanol–water partition coefficient (Wildman–Crippen LogP) is 0.881. The monoisotopic (exact) mass is 271 g/mol. The largest absolute Gasteiger partial charge is 0.481 e. The van der Waals surface area contributed by atoms with Crippen molar-refractivity contribution in [3.63, 3.8) is 0 Å². The minimum Gasteiger partial charge on any atom is -0.481 e. The van der Waals surface area contributed by atoms with E-state index in [0.29, 0.717) is 13.0 Å². The number of nitrogens with zero attached hydrogens (tertiary/aromatic N) is 1. The second-order valence-corrected chi connectivity index (χ2v) is 5.16. The first kappa shape index (κ1) is 15.8. The summed E-state index contributed by atoms with van der Waals surface area (Å²) in [4.78, 5) is 24.8. The first-order valence-corrected chi connectivity index (χ1v) is 6.95. The van der Waals surface area contributed by atoms with E-state index in [1.54, 1.807) is 11.9 Å². The van der Waals surface area contributed by atoms with E-state index >= 15 is 0 Å². The Bertz CT molecular complexity index is 310. The lowest BCUT2D eigenvalue weighted by Crippen LogP contribution is -2.48. The molecule has 0 radical (unpaired) electrons. The molecule has 1 saturated carbocycles. The molecule has 0 saturated heterocycles. The lowest BCUT2D eigenvalue weighted by Gasteiger charge is -2.26. The van der Waals surface area contributed by atoms with Gasteiger partial charge in [-0.3, -0.25) is 4.79 Å². The van der Waals surface area contributed by atoms with Gasteiger partial charge in [0, 0.05) is 26.2 Å². The molecule has 2 unspecified atom stereocenters. The Morgan fingerprint density at radius 3 is 2.58 bits per heavy atom. The van der Waals surface area contributed by atoms with E-state index in [2.05, 4.69) is 10.6 Å².